The van der Waals surface area contributed by atoms with Crippen molar-refractivity contribution in [3.05, 3.63) is 0 Å². The Labute approximate surface area is 135 Å². The van der Waals surface area contributed by atoms with E-state index in [1.165, 1.54) is 44.9 Å². The molecule has 0 fully saturated rings. The van der Waals surface area contributed by atoms with E-state index in [2.05, 4.69) is 6.92 Å². The number of hydrogen-bond acceptors (Lipinski definition) is 4. The Morgan fingerprint density at radius 2 is 1.64 bits per heavy atom. The van der Waals surface area contributed by atoms with E-state index < -0.39 is 12.1 Å². The molecule has 5 heteroatoms. The van der Waals surface area contributed by atoms with E-state index in [1.807, 2.05) is 0 Å². The monoisotopic (exact) mass is 317 g/mol. The number of likely N-dealkylation sites (N-methyl/N-ethyl adjacent to an activating group) is 1. The van der Waals surface area contributed by atoms with Crippen molar-refractivity contribution in [2.24, 2.45) is 0 Å². The Balaban J connectivity index is 3.45. The fourth-order valence-electron chi connectivity index (χ4n) is 2.59. The van der Waals surface area contributed by atoms with Crippen molar-refractivity contribution >= 4 is 5.97 Å². The Bertz CT molecular complexity index is 282. The molecule has 22 heavy (non-hydrogen) atoms. The lowest BCUT2D eigenvalue weighted by molar-refractivity contribution is -0.887. The van der Waals surface area contributed by atoms with Crippen LogP contribution in [-0.2, 0) is 9.53 Å². The van der Waals surface area contributed by atoms with Crippen molar-refractivity contribution in [2.45, 2.75) is 64.4 Å². The van der Waals surface area contributed by atoms with Crippen LogP contribution < -0.4 is 5.11 Å². The summed E-state index contributed by atoms with van der Waals surface area (Å²) in [6.45, 7) is 3.41. The van der Waals surface area contributed by atoms with Gasteiger partial charge >= 0.3 is 0 Å². The number of aliphatic carboxylic acids is 1. The number of rotatable bonds is 15. The Kier molecular flexibility index (Phi) is 12.5. The van der Waals surface area contributed by atoms with E-state index in [-0.39, 0.29) is 17.6 Å². The molecule has 132 valence electrons. The first kappa shape index (κ1) is 21.4. The zero-order chi connectivity index (χ0) is 16.8. The average molecular weight is 317 g/mol. The number of nitrogens with zero attached hydrogens (tertiary/aromatic N) is 1. The largest absolute Gasteiger partial charge is 0.544 e. The minimum absolute atomic E-state index is 0.102. The van der Waals surface area contributed by atoms with Crippen LogP contribution in [0.1, 0.15) is 58.3 Å². The van der Waals surface area contributed by atoms with Gasteiger partial charge in [0.2, 0.25) is 0 Å². The van der Waals surface area contributed by atoms with E-state index in [4.69, 9.17) is 4.74 Å². The third-order valence-electron chi connectivity index (χ3n) is 3.71. The van der Waals surface area contributed by atoms with Gasteiger partial charge in [0, 0.05) is 6.61 Å². The lowest BCUT2D eigenvalue weighted by Crippen LogP contribution is -2.52. The van der Waals surface area contributed by atoms with Gasteiger partial charge in [0.05, 0.1) is 26.7 Å². The van der Waals surface area contributed by atoms with Gasteiger partial charge in [0.1, 0.15) is 19.2 Å². The molecular weight excluding hydrogens is 282 g/mol. The van der Waals surface area contributed by atoms with Crippen molar-refractivity contribution in [1.29, 1.82) is 0 Å². The first-order chi connectivity index (χ1) is 10.4. The molecule has 0 spiro atoms. The molecule has 0 aromatic carbocycles. The van der Waals surface area contributed by atoms with E-state index in [0.717, 1.165) is 6.42 Å². The minimum Gasteiger partial charge on any atom is -0.544 e. The first-order valence-corrected chi connectivity index (χ1v) is 8.65. The molecule has 0 bridgehead atoms. The highest BCUT2D eigenvalue weighted by molar-refractivity contribution is 5.65. The summed E-state index contributed by atoms with van der Waals surface area (Å²) in [4.78, 5) is 10.6. The molecule has 0 amide bonds. The van der Waals surface area contributed by atoms with Crippen LogP contribution in [0, 0.1) is 0 Å². The molecule has 0 aromatic rings. The van der Waals surface area contributed by atoms with Gasteiger partial charge in [0.25, 0.3) is 0 Å². The van der Waals surface area contributed by atoms with Crippen molar-refractivity contribution in [1.82, 2.24) is 0 Å². The van der Waals surface area contributed by atoms with Crippen LogP contribution in [0.2, 0.25) is 0 Å². The second-order valence-corrected chi connectivity index (χ2v) is 6.85. The molecule has 1 unspecified atom stereocenters. The Morgan fingerprint density at radius 3 is 2.18 bits per heavy atom. The number of carbonyl (C=O) groups is 1. The summed E-state index contributed by atoms with van der Waals surface area (Å²) in [7, 11) is 3.52. The summed E-state index contributed by atoms with van der Waals surface area (Å²) in [6, 6.07) is 0. The number of carboxylic acids is 1. The molecule has 0 aliphatic rings. The van der Waals surface area contributed by atoms with E-state index in [1.54, 1.807) is 14.1 Å². The molecule has 1 N–H and O–H groups in total. The van der Waals surface area contributed by atoms with Gasteiger partial charge in [-0.25, -0.2) is 0 Å². The number of quaternary nitrogens is 1. The fraction of sp³-hybridized carbons (Fsp3) is 0.941. The summed E-state index contributed by atoms with van der Waals surface area (Å²) in [5.74, 6) is -1.10. The van der Waals surface area contributed by atoms with Gasteiger partial charge in [-0.1, -0.05) is 51.9 Å². The number of ether oxygens (including phenoxy) is 1. The third kappa shape index (κ3) is 14.3. The average Bonchev–Trinajstić information content (AvgIpc) is 2.38. The maximum atomic E-state index is 10.6. The van der Waals surface area contributed by atoms with Crippen LogP contribution in [0.15, 0.2) is 0 Å². The molecule has 0 saturated heterocycles. The SMILES string of the molecule is CCCCCCCCCCOCC(O)C[N+](C)(C)CC(=O)[O-]. The predicted octanol–water partition coefficient (Wildman–Crippen LogP) is 1.33. The number of carboxylic acid groups (broad SMARTS) is 1. The topological polar surface area (TPSA) is 69.6 Å². The molecule has 1 atom stereocenters. The maximum Gasteiger partial charge on any atom is 0.126 e. The number of hydrogen-bond donors (Lipinski definition) is 1. The van der Waals surface area contributed by atoms with Crippen molar-refractivity contribution < 1.29 is 24.2 Å². The molecule has 5 nitrogen and oxygen atoms in total. The Hall–Kier alpha value is -0.650. The highest BCUT2D eigenvalue weighted by Crippen LogP contribution is 2.08. The smallest absolute Gasteiger partial charge is 0.126 e. The standard InChI is InChI=1S/C17H35NO4/c1-4-5-6-7-8-9-10-11-12-22-15-16(19)13-18(2,3)14-17(20)21/h16,19H,4-15H2,1-3H3. The fourth-order valence-corrected chi connectivity index (χ4v) is 2.59. The molecule has 0 aliphatic heterocycles. The van der Waals surface area contributed by atoms with Crippen LogP contribution in [0.25, 0.3) is 0 Å². The molecule has 0 aromatic heterocycles. The van der Waals surface area contributed by atoms with Crippen molar-refractivity contribution in [2.75, 3.05) is 40.4 Å². The van der Waals surface area contributed by atoms with Crippen LogP contribution in [0.3, 0.4) is 0 Å². The lowest BCUT2D eigenvalue weighted by Gasteiger charge is -2.31. The summed E-state index contributed by atoms with van der Waals surface area (Å²) < 4.78 is 5.67. The molecule has 0 saturated carbocycles. The number of carbonyl (C=O) groups excluding carboxylic acids is 1. The highest BCUT2D eigenvalue weighted by atomic mass is 16.5. The zero-order valence-corrected chi connectivity index (χ0v) is 14.7. The molecular formula is C17H35NO4. The summed E-state index contributed by atoms with van der Waals surface area (Å²) in [5.41, 5.74) is 0. The first-order valence-electron chi connectivity index (χ1n) is 8.65. The highest BCUT2D eigenvalue weighted by Gasteiger charge is 2.20. The van der Waals surface area contributed by atoms with Gasteiger partial charge in [-0.2, -0.15) is 0 Å². The quantitative estimate of drug-likeness (QED) is 0.365. The van der Waals surface area contributed by atoms with Crippen molar-refractivity contribution in [3.8, 4) is 0 Å². The summed E-state index contributed by atoms with van der Waals surface area (Å²) in [5, 5.41) is 20.5. The van der Waals surface area contributed by atoms with Crippen LogP contribution in [0.4, 0.5) is 0 Å². The van der Waals surface area contributed by atoms with Gasteiger partial charge in [-0.15, -0.1) is 0 Å². The maximum absolute atomic E-state index is 10.6. The minimum atomic E-state index is -1.10. The Morgan fingerprint density at radius 1 is 1.09 bits per heavy atom. The van der Waals surface area contributed by atoms with E-state index in [9.17, 15) is 15.0 Å². The van der Waals surface area contributed by atoms with Gasteiger partial charge < -0.3 is 24.2 Å². The number of unbranched alkanes of at least 4 members (excludes halogenated alkanes) is 7. The second kappa shape index (κ2) is 12.9. The normalized spacial score (nSPS) is 13.3. The van der Waals surface area contributed by atoms with Gasteiger partial charge in [-0.05, 0) is 6.42 Å². The van der Waals surface area contributed by atoms with Gasteiger partial charge in [0.15, 0.2) is 0 Å². The predicted molar refractivity (Wildman–Crippen MR) is 86.3 cm³/mol. The van der Waals surface area contributed by atoms with E-state index >= 15 is 0 Å². The van der Waals surface area contributed by atoms with Crippen LogP contribution >= 0.6 is 0 Å². The van der Waals surface area contributed by atoms with Crippen molar-refractivity contribution in [3.63, 3.8) is 0 Å². The summed E-state index contributed by atoms with van der Waals surface area (Å²) in [6.07, 6.45) is 9.43. The molecule has 0 aliphatic carbocycles. The summed E-state index contributed by atoms with van der Waals surface area (Å²) >= 11 is 0. The van der Waals surface area contributed by atoms with Crippen LogP contribution in [-0.4, -0.2) is 62.1 Å². The molecule has 0 rings (SSSR count). The zero-order valence-electron chi connectivity index (χ0n) is 14.7. The molecule has 0 heterocycles. The third-order valence-corrected chi connectivity index (χ3v) is 3.71. The number of aliphatic hydroxyl groups excluding tert-OH is 1. The second-order valence-electron chi connectivity index (χ2n) is 6.85. The van der Waals surface area contributed by atoms with Crippen LogP contribution in [0.5, 0.6) is 0 Å². The van der Waals surface area contributed by atoms with Gasteiger partial charge in [-0.3, -0.25) is 0 Å². The lowest BCUT2D eigenvalue weighted by atomic mass is 10.1. The molecule has 0 radical (unpaired) electrons. The number of aliphatic hydroxyl groups is 1. The van der Waals surface area contributed by atoms with E-state index in [0.29, 0.717) is 13.2 Å².